The number of fused-ring (bicyclic) bond motifs is 3. The zero-order chi connectivity index (χ0) is 34.8. The van der Waals surface area contributed by atoms with Crippen LogP contribution in [0.1, 0.15) is 55.9 Å². The monoisotopic (exact) mass is 668 g/mol. The molecular weight excluding hydrogens is 625 g/mol. The Bertz CT molecular complexity index is 2260. The number of thiol groups is 1. The van der Waals surface area contributed by atoms with E-state index in [0.29, 0.717) is 0 Å². The van der Waals surface area contributed by atoms with Gasteiger partial charge in [-0.25, -0.2) is 0 Å². The molecule has 248 valence electrons. The van der Waals surface area contributed by atoms with Crippen LogP contribution in [-0.2, 0) is 0 Å². The van der Waals surface area contributed by atoms with Gasteiger partial charge in [-0.1, -0.05) is 152 Å². The first-order valence-corrected chi connectivity index (χ1v) is 18.1. The molecule has 0 saturated carbocycles. The van der Waals surface area contributed by atoms with Crippen molar-refractivity contribution in [2.45, 2.75) is 50.4 Å². The minimum atomic E-state index is -0.500. The summed E-state index contributed by atoms with van der Waals surface area (Å²) in [7, 11) is 0. The van der Waals surface area contributed by atoms with Crippen LogP contribution in [0.5, 0.6) is 0 Å². The summed E-state index contributed by atoms with van der Waals surface area (Å²) in [5.74, 6) is 0.223. The van der Waals surface area contributed by atoms with Gasteiger partial charge in [0, 0.05) is 11.2 Å². The van der Waals surface area contributed by atoms with Crippen molar-refractivity contribution in [3.63, 3.8) is 0 Å². The minimum Gasteiger partial charge on any atom is -0.391 e. The third-order valence-corrected chi connectivity index (χ3v) is 10.1. The maximum atomic E-state index is 8.52. The van der Waals surface area contributed by atoms with E-state index < -0.39 is 5.60 Å². The van der Waals surface area contributed by atoms with Gasteiger partial charge in [-0.2, -0.15) is 12.6 Å². The molecule has 0 radical (unpaired) electrons. The largest absolute Gasteiger partial charge is 0.391 e. The summed E-state index contributed by atoms with van der Waals surface area (Å²) in [5, 5.41) is 13.8. The van der Waals surface area contributed by atoms with E-state index in [4.69, 9.17) is 17.7 Å². The Balaban J connectivity index is 0.000000734. The van der Waals surface area contributed by atoms with E-state index in [1.54, 1.807) is 20.8 Å². The van der Waals surface area contributed by atoms with Gasteiger partial charge in [0.25, 0.3) is 0 Å². The Hall–Kier alpha value is -4.89. The highest BCUT2D eigenvalue weighted by atomic mass is 32.1. The number of allylic oxidation sites excluding steroid dienone is 1. The Labute approximate surface area is 302 Å². The van der Waals surface area contributed by atoms with Crippen molar-refractivity contribution in [3.8, 4) is 44.5 Å². The predicted molar refractivity (Wildman–Crippen MR) is 219 cm³/mol. The molecule has 0 bridgehead atoms. The topological polar surface area (TPSA) is 20.2 Å². The van der Waals surface area contributed by atoms with Gasteiger partial charge in [-0.3, -0.25) is 0 Å². The fourth-order valence-corrected chi connectivity index (χ4v) is 8.11. The summed E-state index contributed by atoms with van der Waals surface area (Å²) >= 11 is 5.38. The highest BCUT2D eigenvalue weighted by Gasteiger charge is 2.34. The third kappa shape index (κ3) is 6.42. The molecule has 1 aliphatic rings. The molecule has 2 unspecified atom stereocenters. The zero-order valence-electron chi connectivity index (χ0n) is 29.1. The lowest BCUT2D eigenvalue weighted by Crippen LogP contribution is -2.15. The standard InChI is InChI=1S/C44H34S.C4H10O/c1-2-29-27-28-36(45)42-39(29)40(32-21-11-5-12-22-32)43-37(30-17-7-3-8-18-30)34-25-15-16-26-35(34)38(31-19-9-4-10-20-31)44(43)41(42)33-23-13-6-14-24-33;1-4(2,3)5/h2-26,29,36,45H,1,27-28H2;5H,1-3H3. The lowest BCUT2D eigenvalue weighted by molar-refractivity contribution is 0.102. The van der Waals surface area contributed by atoms with Crippen LogP contribution in [0.4, 0.5) is 0 Å². The lowest BCUT2D eigenvalue weighted by Gasteiger charge is -2.35. The van der Waals surface area contributed by atoms with Crippen molar-refractivity contribution in [1.29, 1.82) is 0 Å². The molecule has 0 amide bonds. The molecule has 7 aromatic rings. The fourth-order valence-electron chi connectivity index (χ4n) is 7.69. The van der Waals surface area contributed by atoms with E-state index in [-0.39, 0.29) is 11.2 Å². The van der Waals surface area contributed by atoms with E-state index in [0.717, 1.165) is 12.8 Å². The molecule has 2 atom stereocenters. The smallest absolute Gasteiger partial charge is 0.0563 e. The van der Waals surface area contributed by atoms with Gasteiger partial charge in [-0.15, -0.1) is 6.58 Å². The van der Waals surface area contributed by atoms with Gasteiger partial charge in [0.1, 0.15) is 0 Å². The number of benzene rings is 7. The summed E-state index contributed by atoms with van der Waals surface area (Å²) in [6, 6.07) is 53.0. The summed E-state index contributed by atoms with van der Waals surface area (Å²) < 4.78 is 0. The van der Waals surface area contributed by atoms with Crippen LogP contribution in [0, 0.1) is 0 Å². The Morgan fingerprint density at radius 2 is 0.840 bits per heavy atom. The number of hydrogen-bond acceptors (Lipinski definition) is 2. The highest BCUT2D eigenvalue weighted by Crippen LogP contribution is 2.58. The first-order chi connectivity index (χ1) is 24.3. The molecule has 0 aliphatic heterocycles. The zero-order valence-corrected chi connectivity index (χ0v) is 30.0. The highest BCUT2D eigenvalue weighted by molar-refractivity contribution is 7.80. The molecule has 0 aromatic heterocycles. The number of aliphatic hydroxyl groups is 1. The Morgan fingerprint density at radius 1 is 0.520 bits per heavy atom. The maximum Gasteiger partial charge on any atom is 0.0563 e. The molecule has 0 saturated heterocycles. The van der Waals surface area contributed by atoms with Crippen molar-refractivity contribution < 1.29 is 5.11 Å². The normalized spacial score (nSPS) is 15.6. The van der Waals surface area contributed by atoms with Crippen molar-refractivity contribution in [2.75, 3.05) is 0 Å². The van der Waals surface area contributed by atoms with E-state index in [1.807, 2.05) is 0 Å². The summed E-state index contributed by atoms with van der Waals surface area (Å²) in [6.45, 7) is 9.63. The molecule has 1 aliphatic carbocycles. The average molecular weight is 669 g/mol. The molecule has 1 nitrogen and oxygen atoms in total. The van der Waals surface area contributed by atoms with Crippen LogP contribution in [0.15, 0.2) is 158 Å². The van der Waals surface area contributed by atoms with Crippen molar-refractivity contribution >= 4 is 34.2 Å². The second-order valence-corrected chi connectivity index (χ2v) is 14.8. The summed E-state index contributed by atoms with van der Waals surface area (Å²) in [6.07, 6.45) is 4.21. The SMILES string of the molecule is C=CC1CCC(S)c2c1c(-c1ccccc1)c1c(-c3ccccc3)c3ccccc3c(-c3ccccc3)c1c2-c1ccccc1.CC(C)(C)O. The van der Waals surface area contributed by atoms with Crippen LogP contribution in [0.3, 0.4) is 0 Å². The van der Waals surface area contributed by atoms with Gasteiger partial charge in [0.2, 0.25) is 0 Å². The third-order valence-electron chi connectivity index (χ3n) is 9.53. The molecule has 50 heavy (non-hydrogen) atoms. The van der Waals surface area contributed by atoms with Crippen LogP contribution in [-0.4, -0.2) is 10.7 Å². The molecule has 1 N–H and O–H groups in total. The molecule has 0 spiro atoms. The van der Waals surface area contributed by atoms with Crippen LogP contribution < -0.4 is 0 Å². The maximum absolute atomic E-state index is 8.52. The summed E-state index contributed by atoms with van der Waals surface area (Å²) in [5.41, 5.74) is 12.3. The van der Waals surface area contributed by atoms with Gasteiger partial charge in [-0.05, 0) is 111 Å². The van der Waals surface area contributed by atoms with E-state index in [1.165, 1.54) is 77.2 Å². The van der Waals surface area contributed by atoms with E-state index >= 15 is 0 Å². The molecule has 2 heteroatoms. The van der Waals surface area contributed by atoms with E-state index in [2.05, 4.69) is 158 Å². The second kappa shape index (κ2) is 14.2. The molecule has 0 heterocycles. The molecule has 8 rings (SSSR count). The second-order valence-electron chi connectivity index (χ2n) is 14.2. The van der Waals surface area contributed by atoms with Crippen LogP contribution in [0.25, 0.3) is 66.1 Å². The molecule has 0 fully saturated rings. The number of rotatable bonds is 5. The van der Waals surface area contributed by atoms with Crippen molar-refractivity contribution in [1.82, 2.24) is 0 Å². The lowest BCUT2D eigenvalue weighted by atomic mass is 9.70. The van der Waals surface area contributed by atoms with Gasteiger partial charge >= 0.3 is 0 Å². The first kappa shape index (κ1) is 33.6. The van der Waals surface area contributed by atoms with Gasteiger partial charge in [0.15, 0.2) is 0 Å². The number of hydrogen-bond donors (Lipinski definition) is 2. The van der Waals surface area contributed by atoms with Crippen LogP contribution >= 0.6 is 12.6 Å². The van der Waals surface area contributed by atoms with Gasteiger partial charge in [0.05, 0.1) is 5.60 Å². The first-order valence-electron chi connectivity index (χ1n) is 17.6. The quantitative estimate of drug-likeness (QED) is 0.106. The van der Waals surface area contributed by atoms with Crippen molar-refractivity contribution in [3.05, 3.63) is 169 Å². The minimum absolute atomic E-state index is 0.105. The Kier molecular flexibility index (Phi) is 9.51. The molecule has 7 aromatic carbocycles. The average Bonchev–Trinajstić information content (AvgIpc) is 3.14. The Morgan fingerprint density at radius 3 is 1.20 bits per heavy atom. The van der Waals surface area contributed by atoms with Gasteiger partial charge < -0.3 is 5.11 Å². The van der Waals surface area contributed by atoms with Crippen molar-refractivity contribution in [2.24, 2.45) is 0 Å². The predicted octanol–water partition coefficient (Wildman–Crippen LogP) is 13.5. The fraction of sp³-hybridized carbons (Fsp3) is 0.167. The molecular formula is C48H44OS. The van der Waals surface area contributed by atoms with Crippen LogP contribution in [0.2, 0.25) is 0 Å². The van der Waals surface area contributed by atoms with E-state index in [9.17, 15) is 0 Å². The summed E-state index contributed by atoms with van der Waals surface area (Å²) in [4.78, 5) is 0.